The van der Waals surface area contributed by atoms with Crippen molar-refractivity contribution in [3.63, 3.8) is 0 Å². The van der Waals surface area contributed by atoms with E-state index in [-0.39, 0.29) is 35.2 Å². The Morgan fingerprint density at radius 3 is 2.59 bits per heavy atom. The summed E-state index contributed by atoms with van der Waals surface area (Å²) in [5, 5.41) is 19.6. The van der Waals surface area contributed by atoms with Crippen LogP contribution < -0.4 is 10.5 Å². The Morgan fingerprint density at radius 1 is 1.06 bits per heavy atom. The molecule has 0 unspecified atom stereocenters. The molecule has 164 valence electrons. The highest BCUT2D eigenvalue weighted by Gasteiger charge is 2.22. The summed E-state index contributed by atoms with van der Waals surface area (Å²) in [6.07, 6.45) is -0.953. The number of carbonyl (C=O) groups is 1. The molecule has 0 amide bonds. The number of ether oxygens (including phenoxy) is 1. The average Bonchev–Trinajstić information content (AvgIpc) is 3.13. The quantitative estimate of drug-likeness (QED) is 0.329. The Bertz CT molecular complexity index is 1300. The molecule has 1 heterocycles. The summed E-state index contributed by atoms with van der Waals surface area (Å²) >= 11 is 12.1. The number of nitrogen functional groups attached to an aromatic ring is 1. The molecule has 0 spiro atoms. The van der Waals surface area contributed by atoms with Crippen molar-refractivity contribution in [3.8, 4) is 16.9 Å². The zero-order valence-electron chi connectivity index (χ0n) is 16.7. The summed E-state index contributed by atoms with van der Waals surface area (Å²) in [5.74, 6) is 0.124. The maximum absolute atomic E-state index is 13.0. The molecule has 1 aromatic heterocycles. The summed E-state index contributed by atoms with van der Waals surface area (Å²) < 4.78 is 11.3. The number of carbonyl (C=O) groups excluding carboxylic acids is 1. The number of hydrogen-bond donors (Lipinski definition) is 3. The fourth-order valence-electron chi connectivity index (χ4n) is 3.27. The summed E-state index contributed by atoms with van der Waals surface area (Å²) in [5.41, 5.74) is 8.80. The van der Waals surface area contributed by atoms with Gasteiger partial charge in [0.25, 0.3) is 0 Å². The van der Waals surface area contributed by atoms with Crippen molar-refractivity contribution in [3.05, 3.63) is 82.0 Å². The van der Waals surface area contributed by atoms with Gasteiger partial charge in [-0.05, 0) is 53.6 Å². The third-order valence-corrected chi connectivity index (χ3v) is 5.48. The van der Waals surface area contributed by atoms with E-state index >= 15 is 0 Å². The number of nitrogens with two attached hydrogens (primary N) is 1. The summed E-state index contributed by atoms with van der Waals surface area (Å²) in [7, 11) is 0. The number of hydrogen-bond acceptors (Lipinski definition) is 6. The number of halogens is 2. The van der Waals surface area contributed by atoms with Crippen molar-refractivity contribution >= 4 is 45.6 Å². The highest BCUT2D eigenvalue weighted by molar-refractivity contribution is 6.37. The highest BCUT2D eigenvalue weighted by atomic mass is 35.5. The van der Waals surface area contributed by atoms with E-state index in [0.717, 1.165) is 11.1 Å². The van der Waals surface area contributed by atoms with Crippen LogP contribution in [0.5, 0.6) is 5.75 Å². The van der Waals surface area contributed by atoms with Crippen LogP contribution in [0, 0.1) is 0 Å². The van der Waals surface area contributed by atoms with E-state index in [2.05, 4.69) is 0 Å². The number of aliphatic hydroxyl groups is 2. The number of furan rings is 1. The second-order valence-electron chi connectivity index (χ2n) is 7.18. The highest BCUT2D eigenvalue weighted by Crippen LogP contribution is 2.35. The lowest BCUT2D eigenvalue weighted by Crippen LogP contribution is -2.21. The number of aliphatic hydroxyl groups excluding tert-OH is 2. The molecule has 8 heteroatoms. The Hall–Kier alpha value is -3.03. The molecule has 0 bridgehead atoms. The van der Waals surface area contributed by atoms with Crippen LogP contribution in [0.2, 0.25) is 10.0 Å². The number of anilines is 1. The molecule has 6 nitrogen and oxygen atoms in total. The monoisotopic (exact) mass is 471 g/mol. The molecule has 3 aromatic carbocycles. The van der Waals surface area contributed by atoms with Gasteiger partial charge >= 0.3 is 0 Å². The lowest BCUT2D eigenvalue weighted by molar-refractivity contribution is 0.0536. The van der Waals surface area contributed by atoms with Gasteiger partial charge in [0.1, 0.15) is 24.0 Å². The fourth-order valence-corrected chi connectivity index (χ4v) is 3.77. The maximum atomic E-state index is 13.0. The first-order valence-corrected chi connectivity index (χ1v) is 10.5. The molecule has 4 N–H and O–H groups in total. The van der Waals surface area contributed by atoms with Crippen molar-refractivity contribution < 1.29 is 24.2 Å². The second kappa shape index (κ2) is 9.22. The topological polar surface area (TPSA) is 106 Å². The molecule has 0 fully saturated rings. The minimum atomic E-state index is -0.953. The van der Waals surface area contributed by atoms with Crippen LogP contribution in [0.4, 0.5) is 5.69 Å². The van der Waals surface area contributed by atoms with E-state index in [9.17, 15) is 9.90 Å². The van der Waals surface area contributed by atoms with Gasteiger partial charge in [-0.25, -0.2) is 0 Å². The van der Waals surface area contributed by atoms with Gasteiger partial charge in [-0.1, -0.05) is 41.4 Å². The van der Waals surface area contributed by atoms with E-state index in [1.54, 1.807) is 30.3 Å². The van der Waals surface area contributed by atoms with Crippen LogP contribution in [0.1, 0.15) is 16.1 Å². The van der Waals surface area contributed by atoms with E-state index in [0.29, 0.717) is 21.7 Å². The van der Waals surface area contributed by atoms with Gasteiger partial charge in [0.2, 0.25) is 5.78 Å². The molecule has 4 rings (SSSR count). The normalized spacial score (nSPS) is 12.1. The molecule has 4 aromatic rings. The summed E-state index contributed by atoms with van der Waals surface area (Å²) in [6.45, 7) is -0.398. The number of benzene rings is 3. The smallest absolute Gasteiger partial charge is 0.231 e. The van der Waals surface area contributed by atoms with Crippen molar-refractivity contribution in [2.45, 2.75) is 6.10 Å². The minimum Gasteiger partial charge on any atom is -0.491 e. The van der Waals surface area contributed by atoms with Crippen LogP contribution in [-0.2, 0) is 0 Å². The van der Waals surface area contributed by atoms with Gasteiger partial charge in [0.05, 0.1) is 17.3 Å². The minimum absolute atomic E-state index is 0.0106. The molecule has 0 aliphatic rings. The third-order valence-electron chi connectivity index (χ3n) is 4.93. The number of ketones is 1. The van der Waals surface area contributed by atoms with Crippen LogP contribution in [0.15, 0.2) is 65.1 Å². The van der Waals surface area contributed by atoms with Gasteiger partial charge in [0.15, 0.2) is 5.76 Å². The molecule has 0 aliphatic heterocycles. The Morgan fingerprint density at radius 2 is 1.84 bits per heavy atom. The van der Waals surface area contributed by atoms with Crippen LogP contribution in [0.3, 0.4) is 0 Å². The first-order valence-electron chi connectivity index (χ1n) is 9.71. The number of fused-ring (bicyclic) bond motifs is 1. The SMILES string of the molecule is Nc1c(C(=O)c2ccc(Cl)cc2Cl)oc2cc(-c3cccc(OC[C@H](O)CO)c3)ccc12. The van der Waals surface area contributed by atoms with Crippen molar-refractivity contribution in [1.29, 1.82) is 0 Å². The zero-order chi connectivity index (χ0) is 22.8. The molecular weight excluding hydrogens is 453 g/mol. The van der Waals surface area contributed by atoms with Crippen LogP contribution in [-0.4, -0.2) is 35.3 Å². The van der Waals surface area contributed by atoms with E-state index in [1.807, 2.05) is 18.2 Å². The molecule has 0 radical (unpaired) electrons. The van der Waals surface area contributed by atoms with Gasteiger partial charge in [-0.3, -0.25) is 4.79 Å². The van der Waals surface area contributed by atoms with Gasteiger partial charge in [0, 0.05) is 16.0 Å². The Balaban J connectivity index is 1.66. The van der Waals surface area contributed by atoms with Gasteiger partial charge in [-0.15, -0.1) is 0 Å². The zero-order valence-corrected chi connectivity index (χ0v) is 18.2. The molecule has 1 atom stereocenters. The lowest BCUT2D eigenvalue weighted by atomic mass is 10.0. The predicted molar refractivity (Wildman–Crippen MR) is 125 cm³/mol. The van der Waals surface area contributed by atoms with Crippen LogP contribution >= 0.6 is 23.2 Å². The molecule has 32 heavy (non-hydrogen) atoms. The Labute approximate surface area is 193 Å². The molecular formula is C24H19Cl2NO5. The maximum Gasteiger partial charge on any atom is 0.231 e. The van der Waals surface area contributed by atoms with Crippen molar-refractivity contribution in [1.82, 2.24) is 0 Å². The molecule has 0 saturated heterocycles. The lowest BCUT2D eigenvalue weighted by Gasteiger charge is -2.11. The predicted octanol–water partition coefficient (Wildman–Crippen LogP) is 4.95. The van der Waals surface area contributed by atoms with Crippen molar-refractivity contribution in [2.24, 2.45) is 0 Å². The third kappa shape index (κ3) is 4.45. The summed E-state index contributed by atoms with van der Waals surface area (Å²) in [4.78, 5) is 13.0. The molecule has 0 aliphatic carbocycles. The first-order chi connectivity index (χ1) is 15.4. The Kier molecular flexibility index (Phi) is 6.39. The van der Waals surface area contributed by atoms with Gasteiger partial charge in [-0.2, -0.15) is 0 Å². The largest absolute Gasteiger partial charge is 0.491 e. The average molecular weight is 472 g/mol. The van der Waals surface area contributed by atoms with E-state index < -0.39 is 11.9 Å². The second-order valence-corrected chi connectivity index (χ2v) is 8.03. The van der Waals surface area contributed by atoms with Crippen LogP contribution in [0.25, 0.3) is 22.1 Å². The standard InChI is InChI=1S/C24H19Cl2NO5/c25-15-5-7-18(20(26)10-15)23(30)24-22(27)19-6-4-14(9-21(19)32-24)13-2-1-3-17(8-13)31-12-16(29)11-28/h1-10,16,28-29H,11-12,27H2/t16-/m1/s1. The van der Waals surface area contributed by atoms with Gasteiger partial charge < -0.3 is 25.1 Å². The first kappa shape index (κ1) is 22.2. The molecule has 0 saturated carbocycles. The van der Waals surface area contributed by atoms with E-state index in [4.69, 9.17) is 43.2 Å². The van der Waals surface area contributed by atoms with Crippen molar-refractivity contribution in [2.75, 3.05) is 18.9 Å². The number of rotatable bonds is 7. The van der Waals surface area contributed by atoms with E-state index in [1.165, 1.54) is 12.1 Å². The summed E-state index contributed by atoms with van der Waals surface area (Å²) in [6, 6.07) is 17.3. The fraction of sp³-hybridized carbons (Fsp3) is 0.125.